The first kappa shape index (κ1) is 28.0. The van der Waals surface area contributed by atoms with Gasteiger partial charge in [0.2, 0.25) is 0 Å². The Morgan fingerprint density at radius 3 is 2.63 bits per heavy atom. The molecule has 4 aromatic rings. The summed E-state index contributed by atoms with van der Waals surface area (Å²) in [6, 6.07) is 16.7. The van der Waals surface area contributed by atoms with E-state index in [1.807, 2.05) is 44.2 Å². The van der Waals surface area contributed by atoms with Crippen LogP contribution in [0.15, 0.2) is 71.8 Å². The third-order valence-electron chi connectivity index (χ3n) is 6.08. The first-order valence-corrected chi connectivity index (χ1v) is 14.1. The molecule has 10 heteroatoms. The number of fused-ring (bicyclic) bond motifs is 1. The third kappa shape index (κ3) is 5.70. The molecule has 194 valence electrons. The van der Waals surface area contributed by atoms with Crippen molar-refractivity contribution in [3.63, 3.8) is 0 Å². The lowest BCUT2D eigenvalue weighted by molar-refractivity contribution is 0.282. The van der Waals surface area contributed by atoms with Gasteiger partial charge in [0.15, 0.2) is 11.5 Å². The van der Waals surface area contributed by atoms with E-state index in [9.17, 15) is 10.1 Å². The van der Waals surface area contributed by atoms with Crippen LogP contribution in [0, 0.1) is 11.3 Å². The van der Waals surface area contributed by atoms with E-state index in [1.54, 1.807) is 31.5 Å². The fourth-order valence-electron chi connectivity index (χ4n) is 3.79. The van der Waals surface area contributed by atoms with Crippen LogP contribution in [0.2, 0.25) is 0 Å². The summed E-state index contributed by atoms with van der Waals surface area (Å²) < 4.78 is 15.1. The number of halogens is 3. The summed E-state index contributed by atoms with van der Waals surface area (Å²) in [4.78, 5) is 18.2. The highest BCUT2D eigenvalue weighted by Gasteiger charge is 2.19. The molecule has 0 aliphatic rings. The average molecular weight is 703 g/mol. The molecule has 0 fully saturated rings. The SMILES string of the molecule is CC[C@H](C)c1nc2ccc(Br)cc2c(=O)n1N=Cc1cc(OC)c(OCc2ccccc2C#N)c(Br)c1Br. The van der Waals surface area contributed by atoms with E-state index in [4.69, 9.17) is 14.5 Å². The van der Waals surface area contributed by atoms with Crippen molar-refractivity contribution in [2.75, 3.05) is 7.11 Å². The Morgan fingerprint density at radius 1 is 1.16 bits per heavy atom. The summed E-state index contributed by atoms with van der Waals surface area (Å²) >= 11 is 10.6. The minimum atomic E-state index is -0.249. The lowest BCUT2D eigenvalue weighted by Crippen LogP contribution is -2.23. The fraction of sp³-hybridized carbons (Fsp3) is 0.214. The second kappa shape index (κ2) is 12.2. The lowest BCUT2D eigenvalue weighted by atomic mass is 10.1. The maximum Gasteiger partial charge on any atom is 0.282 e. The predicted octanol–water partition coefficient (Wildman–Crippen LogP) is 7.54. The van der Waals surface area contributed by atoms with E-state index in [-0.39, 0.29) is 18.1 Å². The third-order valence-corrected chi connectivity index (χ3v) is 8.72. The molecule has 0 radical (unpaired) electrons. The van der Waals surface area contributed by atoms with Gasteiger partial charge in [0.25, 0.3) is 5.56 Å². The van der Waals surface area contributed by atoms with E-state index in [0.717, 1.165) is 16.5 Å². The number of aromatic nitrogens is 2. The normalized spacial score (nSPS) is 12.0. The summed E-state index contributed by atoms with van der Waals surface area (Å²) in [6.45, 7) is 4.25. The van der Waals surface area contributed by atoms with Gasteiger partial charge < -0.3 is 9.47 Å². The summed E-state index contributed by atoms with van der Waals surface area (Å²) in [7, 11) is 1.54. The molecule has 7 nitrogen and oxygen atoms in total. The highest BCUT2D eigenvalue weighted by Crippen LogP contribution is 2.42. The van der Waals surface area contributed by atoms with Crippen LogP contribution >= 0.6 is 47.8 Å². The van der Waals surface area contributed by atoms with Crippen molar-refractivity contribution in [3.05, 3.63) is 94.8 Å². The zero-order chi connectivity index (χ0) is 27.4. The van der Waals surface area contributed by atoms with Crippen molar-refractivity contribution in [1.82, 2.24) is 9.66 Å². The van der Waals surface area contributed by atoms with Crippen molar-refractivity contribution < 1.29 is 9.47 Å². The number of nitrogens with zero attached hydrogens (tertiary/aromatic N) is 4. The van der Waals surface area contributed by atoms with Gasteiger partial charge in [0.05, 0.1) is 40.3 Å². The molecule has 3 aromatic carbocycles. The molecule has 1 heterocycles. The van der Waals surface area contributed by atoms with Gasteiger partial charge in [-0.15, -0.1) is 0 Å². The van der Waals surface area contributed by atoms with Crippen LogP contribution in [0.5, 0.6) is 11.5 Å². The van der Waals surface area contributed by atoms with Crippen LogP contribution in [-0.2, 0) is 6.61 Å². The van der Waals surface area contributed by atoms with Gasteiger partial charge in [-0.05, 0) is 68.6 Å². The monoisotopic (exact) mass is 700 g/mol. The van der Waals surface area contributed by atoms with Gasteiger partial charge in [-0.25, -0.2) is 4.98 Å². The Morgan fingerprint density at radius 2 is 1.92 bits per heavy atom. The second-order valence-electron chi connectivity index (χ2n) is 8.49. The van der Waals surface area contributed by atoms with Gasteiger partial charge in [-0.1, -0.05) is 48.0 Å². The number of methoxy groups -OCH3 is 1. The summed E-state index contributed by atoms with van der Waals surface area (Å²) in [5.74, 6) is 1.54. The Labute approximate surface area is 245 Å². The molecule has 0 N–H and O–H groups in total. The molecule has 0 spiro atoms. The maximum absolute atomic E-state index is 13.4. The standard InChI is InChI=1S/C28H23Br3N4O3/c1-4-16(2)27-34-22-10-9-20(29)12-21(22)28(36)35(27)33-14-19-11-23(37-3)26(25(31)24(19)30)38-15-18-8-6-5-7-17(18)13-32/h5-12,14,16H,4,15H2,1-3H3/t16-/m0/s1. The number of rotatable bonds is 8. The molecule has 0 aliphatic heterocycles. The largest absolute Gasteiger partial charge is 0.493 e. The van der Waals surface area contributed by atoms with E-state index in [2.05, 4.69) is 59.0 Å². The van der Waals surface area contributed by atoms with Gasteiger partial charge in [-0.2, -0.15) is 15.0 Å². The number of nitriles is 1. The highest BCUT2D eigenvalue weighted by atomic mass is 79.9. The predicted molar refractivity (Wildman–Crippen MR) is 159 cm³/mol. The minimum absolute atomic E-state index is 0.0182. The van der Waals surface area contributed by atoms with Gasteiger partial charge in [-0.3, -0.25) is 4.79 Å². The first-order valence-electron chi connectivity index (χ1n) is 11.7. The molecule has 0 saturated heterocycles. The molecule has 0 bridgehead atoms. The van der Waals surface area contributed by atoms with Gasteiger partial charge >= 0.3 is 0 Å². The van der Waals surface area contributed by atoms with Gasteiger partial charge in [0.1, 0.15) is 12.4 Å². The van der Waals surface area contributed by atoms with Crippen LogP contribution < -0.4 is 15.0 Å². The Bertz CT molecular complexity index is 1640. The van der Waals surface area contributed by atoms with Crippen molar-refractivity contribution in [2.45, 2.75) is 32.8 Å². The molecular formula is C28H23Br3N4O3. The van der Waals surface area contributed by atoms with Crippen molar-refractivity contribution in [2.24, 2.45) is 5.10 Å². The van der Waals surface area contributed by atoms with Crippen molar-refractivity contribution in [3.8, 4) is 17.6 Å². The Balaban J connectivity index is 1.75. The highest BCUT2D eigenvalue weighted by molar-refractivity contribution is 9.13. The van der Waals surface area contributed by atoms with Crippen molar-refractivity contribution in [1.29, 1.82) is 5.26 Å². The Hall–Kier alpha value is -3.00. The summed E-state index contributed by atoms with van der Waals surface area (Å²) in [5, 5.41) is 14.4. The molecular weight excluding hydrogens is 680 g/mol. The summed E-state index contributed by atoms with van der Waals surface area (Å²) in [6.07, 6.45) is 2.39. The van der Waals surface area contributed by atoms with E-state index in [1.165, 1.54) is 4.68 Å². The zero-order valence-electron chi connectivity index (χ0n) is 20.8. The molecule has 4 rings (SSSR count). The number of hydrogen-bond donors (Lipinski definition) is 0. The van der Waals surface area contributed by atoms with E-state index >= 15 is 0 Å². The van der Waals surface area contributed by atoms with Crippen molar-refractivity contribution >= 4 is 64.9 Å². The number of hydrogen-bond acceptors (Lipinski definition) is 6. The lowest BCUT2D eigenvalue weighted by Gasteiger charge is -2.16. The van der Waals surface area contributed by atoms with Crippen LogP contribution in [0.25, 0.3) is 10.9 Å². The minimum Gasteiger partial charge on any atom is -0.493 e. The number of benzene rings is 3. The molecule has 0 amide bonds. The molecule has 0 aliphatic carbocycles. The van der Waals surface area contributed by atoms with Gasteiger partial charge in [0, 0.05) is 26.0 Å². The first-order chi connectivity index (χ1) is 18.3. The van der Waals surface area contributed by atoms with Crippen LogP contribution in [0.4, 0.5) is 0 Å². The molecule has 1 atom stereocenters. The van der Waals surface area contributed by atoms with Crippen LogP contribution in [-0.4, -0.2) is 23.0 Å². The molecule has 0 unspecified atom stereocenters. The number of ether oxygens (including phenoxy) is 2. The quantitative estimate of drug-likeness (QED) is 0.177. The van der Waals surface area contributed by atoms with Crippen LogP contribution in [0.3, 0.4) is 0 Å². The van der Waals surface area contributed by atoms with E-state index in [0.29, 0.717) is 48.3 Å². The molecule has 1 aromatic heterocycles. The fourth-order valence-corrected chi connectivity index (χ4v) is 5.09. The van der Waals surface area contributed by atoms with E-state index < -0.39 is 0 Å². The van der Waals surface area contributed by atoms with Crippen LogP contribution in [0.1, 0.15) is 48.7 Å². The summed E-state index contributed by atoms with van der Waals surface area (Å²) in [5.41, 5.74) is 2.35. The maximum atomic E-state index is 13.4. The molecule has 0 saturated carbocycles. The topological polar surface area (TPSA) is 89.5 Å². The smallest absolute Gasteiger partial charge is 0.282 e. The average Bonchev–Trinajstić information content (AvgIpc) is 2.93. The molecule has 38 heavy (non-hydrogen) atoms. The Kier molecular flexibility index (Phi) is 9.03. The second-order valence-corrected chi connectivity index (χ2v) is 11.0. The zero-order valence-corrected chi connectivity index (χ0v) is 25.6.